The second-order valence-corrected chi connectivity index (χ2v) is 4.56. The zero-order valence-corrected chi connectivity index (χ0v) is 10.8. The van der Waals surface area contributed by atoms with E-state index in [1.54, 1.807) is 6.20 Å². The molecule has 0 spiro atoms. The number of rotatable bonds is 3. The van der Waals surface area contributed by atoms with Crippen LogP contribution >= 0.6 is 0 Å². The van der Waals surface area contributed by atoms with E-state index in [2.05, 4.69) is 9.97 Å². The summed E-state index contributed by atoms with van der Waals surface area (Å²) in [6, 6.07) is -0.195. The van der Waals surface area contributed by atoms with Crippen LogP contribution in [0.4, 0.5) is 5.82 Å². The van der Waals surface area contributed by atoms with Crippen molar-refractivity contribution in [1.82, 2.24) is 9.97 Å². The molecule has 2 rings (SSSR count). The molecule has 18 heavy (non-hydrogen) atoms. The molecule has 1 fully saturated rings. The quantitative estimate of drug-likeness (QED) is 0.849. The first kappa shape index (κ1) is 12.8. The molecule has 1 aliphatic heterocycles. The van der Waals surface area contributed by atoms with Gasteiger partial charge in [0, 0.05) is 7.05 Å². The number of nitrogens with zero attached hydrogens (tertiary/aromatic N) is 3. The molecule has 98 valence electrons. The van der Waals surface area contributed by atoms with Crippen LogP contribution in [0.15, 0.2) is 6.20 Å². The standard InChI is InChI=1S/C12H17N3O3/c1-7-8(2)14-11(4-13-7)15(3)10-6-18-5-9(10)12(16)17/h4,9-10H,5-6H2,1-3H3,(H,16,17). The molecule has 2 heterocycles. The Labute approximate surface area is 106 Å². The molecule has 0 saturated carbocycles. The number of likely N-dealkylation sites (N-methyl/N-ethyl adjacent to an activating group) is 1. The number of carboxylic acid groups (broad SMARTS) is 1. The molecule has 0 aliphatic carbocycles. The van der Waals surface area contributed by atoms with Gasteiger partial charge in [-0.25, -0.2) is 4.98 Å². The molecule has 1 aromatic rings. The lowest BCUT2D eigenvalue weighted by atomic mass is 10.0. The first-order valence-corrected chi connectivity index (χ1v) is 5.84. The fraction of sp³-hybridized carbons (Fsp3) is 0.583. The molecule has 1 N–H and O–H groups in total. The molecule has 1 saturated heterocycles. The van der Waals surface area contributed by atoms with Crippen molar-refractivity contribution in [2.45, 2.75) is 19.9 Å². The van der Waals surface area contributed by atoms with E-state index in [9.17, 15) is 4.79 Å². The number of hydrogen-bond donors (Lipinski definition) is 1. The summed E-state index contributed by atoms with van der Waals surface area (Å²) in [6.07, 6.45) is 1.67. The molecule has 0 amide bonds. The molecule has 6 heteroatoms. The van der Waals surface area contributed by atoms with Crippen LogP contribution in [-0.4, -0.2) is 47.3 Å². The van der Waals surface area contributed by atoms with Gasteiger partial charge in [-0.1, -0.05) is 0 Å². The van der Waals surface area contributed by atoms with Gasteiger partial charge in [-0.3, -0.25) is 9.78 Å². The highest BCUT2D eigenvalue weighted by Crippen LogP contribution is 2.23. The number of carboxylic acids is 1. The topological polar surface area (TPSA) is 75.6 Å². The van der Waals surface area contributed by atoms with E-state index >= 15 is 0 Å². The van der Waals surface area contributed by atoms with Crippen molar-refractivity contribution in [1.29, 1.82) is 0 Å². The number of aromatic nitrogens is 2. The Morgan fingerprint density at radius 2 is 2.17 bits per heavy atom. The van der Waals surface area contributed by atoms with Gasteiger partial charge in [-0.05, 0) is 13.8 Å². The van der Waals surface area contributed by atoms with Crippen molar-refractivity contribution in [3.63, 3.8) is 0 Å². The Morgan fingerprint density at radius 3 is 2.78 bits per heavy atom. The molecule has 2 atom stereocenters. The molecule has 0 aromatic carbocycles. The highest BCUT2D eigenvalue weighted by molar-refractivity contribution is 5.72. The van der Waals surface area contributed by atoms with Crippen molar-refractivity contribution in [2.75, 3.05) is 25.2 Å². The third-order valence-electron chi connectivity index (χ3n) is 3.41. The molecule has 2 unspecified atom stereocenters. The molecule has 0 radical (unpaired) electrons. The monoisotopic (exact) mass is 251 g/mol. The Kier molecular flexibility index (Phi) is 3.47. The predicted molar refractivity (Wildman–Crippen MR) is 65.6 cm³/mol. The Hall–Kier alpha value is -1.69. The second-order valence-electron chi connectivity index (χ2n) is 4.56. The van der Waals surface area contributed by atoms with Gasteiger partial charge in [-0.15, -0.1) is 0 Å². The molecular weight excluding hydrogens is 234 g/mol. The lowest BCUT2D eigenvalue weighted by molar-refractivity contribution is -0.141. The van der Waals surface area contributed by atoms with Gasteiger partial charge in [0.1, 0.15) is 11.7 Å². The number of aliphatic carboxylic acids is 1. The van der Waals surface area contributed by atoms with Gasteiger partial charge in [-0.2, -0.15) is 0 Å². The third-order valence-corrected chi connectivity index (χ3v) is 3.41. The average Bonchev–Trinajstić information content (AvgIpc) is 2.81. The van der Waals surface area contributed by atoms with Crippen molar-refractivity contribution in [2.24, 2.45) is 5.92 Å². The molecule has 6 nitrogen and oxygen atoms in total. The molecule has 1 aromatic heterocycles. The van der Waals surface area contributed by atoms with Crippen molar-refractivity contribution >= 4 is 11.8 Å². The summed E-state index contributed by atoms with van der Waals surface area (Å²) in [7, 11) is 1.83. The highest BCUT2D eigenvalue weighted by atomic mass is 16.5. The van der Waals surface area contributed by atoms with Crippen LogP contribution in [0.2, 0.25) is 0 Å². The van der Waals surface area contributed by atoms with Crippen LogP contribution in [0.5, 0.6) is 0 Å². The van der Waals surface area contributed by atoms with Gasteiger partial charge >= 0.3 is 5.97 Å². The largest absolute Gasteiger partial charge is 0.481 e. The normalized spacial score (nSPS) is 23.1. The van der Waals surface area contributed by atoms with E-state index in [0.29, 0.717) is 12.4 Å². The summed E-state index contributed by atoms with van der Waals surface area (Å²) >= 11 is 0. The maximum absolute atomic E-state index is 11.1. The van der Waals surface area contributed by atoms with Gasteiger partial charge in [0.05, 0.1) is 36.8 Å². The number of ether oxygens (including phenoxy) is 1. The van der Waals surface area contributed by atoms with Crippen LogP contribution in [-0.2, 0) is 9.53 Å². The zero-order chi connectivity index (χ0) is 13.3. The van der Waals surface area contributed by atoms with Crippen molar-refractivity contribution < 1.29 is 14.6 Å². The van der Waals surface area contributed by atoms with Crippen LogP contribution in [0.25, 0.3) is 0 Å². The summed E-state index contributed by atoms with van der Waals surface area (Å²) in [5.41, 5.74) is 1.73. The van der Waals surface area contributed by atoms with Crippen molar-refractivity contribution in [3.05, 3.63) is 17.6 Å². The van der Waals surface area contributed by atoms with E-state index in [0.717, 1.165) is 11.4 Å². The van der Waals surface area contributed by atoms with E-state index in [1.807, 2.05) is 25.8 Å². The van der Waals surface area contributed by atoms with Crippen LogP contribution in [0.1, 0.15) is 11.4 Å². The zero-order valence-electron chi connectivity index (χ0n) is 10.8. The van der Waals surface area contributed by atoms with E-state index in [4.69, 9.17) is 9.84 Å². The Bertz CT molecular complexity index is 464. The van der Waals surface area contributed by atoms with Gasteiger partial charge in [0.15, 0.2) is 0 Å². The SMILES string of the molecule is Cc1ncc(N(C)C2COCC2C(=O)O)nc1C. The number of anilines is 1. The maximum Gasteiger partial charge on any atom is 0.311 e. The Balaban J connectivity index is 2.22. The molecule has 1 aliphatic rings. The molecular formula is C12H17N3O3. The first-order chi connectivity index (χ1) is 8.50. The van der Waals surface area contributed by atoms with Crippen LogP contribution in [0.3, 0.4) is 0 Å². The van der Waals surface area contributed by atoms with Crippen LogP contribution in [0, 0.1) is 19.8 Å². The molecule has 0 bridgehead atoms. The lowest BCUT2D eigenvalue weighted by Gasteiger charge is -2.27. The van der Waals surface area contributed by atoms with E-state index < -0.39 is 11.9 Å². The average molecular weight is 251 g/mol. The number of hydrogen-bond acceptors (Lipinski definition) is 5. The number of carbonyl (C=O) groups is 1. The third kappa shape index (κ3) is 2.28. The summed E-state index contributed by atoms with van der Waals surface area (Å²) in [4.78, 5) is 21.6. The highest BCUT2D eigenvalue weighted by Gasteiger charge is 2.37. The van der Waals surface area contributed by atoms with Gasteiger partial charge in [0.25, 0.3) is 0 Å². The minimum absolute atomic E-state index is 0.195. The Morgan fingerprint density at radius 1 is 1.44 bits per heavy atom. The smallest absolute Gasteiger partial charge is 0.311 e. The summed E-state index contributed by atoms with van der Waals surface area (Å²) in [6.45, 7) is 4.44. The van der Waals surface area contributed by atoms with Gasteiger partial charge in [0.2, 0.25) is 0 Å². The van der Waals surface area contributed by atoms with E-state index in [-0.39, 0.29) is 12.6 Å². The van der Waals surface area contributed by atoms with Gasteiger partial charge < -0.3 is 14.7 Å². The predicted octanol–water partition coefficient (Wildman–Crippen LogP) is 0.629. The summed E-state index contributed by atoms with van der Waals surface area (Å²) in [5.74, 6) is -0.667. The van der Waals surface area contributed by atoms with Crippen molar-refractivity contribution in [3.8, 4) is 0 Å². The minimum atomic E-state index is -0.832. The summed E-state index contributed by atoms with van der Waals surface area (Å²) < 4.78 is 5.26. The van der Waals surface area contributed by atoms with Crippen LogP contribution < -0.4 is 4.90 Å². The fourth-order valence-corrected chi connectivity index (χ4v) is 2.03. The lowest BCUT2D eigenvalue weighted by Crippen LogP contribution is -2.41. The summed E-state index contributed by atoms with van der Waals surface area (Å²) in [5, 5.41) is 9.14. The van der Waals surface area contributed by atoms with E-state index in [1.165, 1.54) is 0 Å². The number of aryl methyl sites for hydroxylation is 2. The minimum Gasteiger partial charge on any atom is -0.481 e. The maximum atomic E-state index is 11.1. The first-order valence-electron chi connectivity index (χ1n) is 5.84. The second kappa shape index (κ2) is 4.89. The fourth-order valence-electron chi connectivity index (χ4n) is 2.03.